The summed E-state index contributed by atoms with van der Waals surface area (Å²) in [5, 5.41) is 15.2. The Morgan fingerprint density at radius 2 is 2.00 bits per heavy atom. The quantitative estimate of drug-likeness (QED) is 0.658. The molecule has 4 nitrogen and oxygen atoms in total. The Labute approximate surface area is 116 Å². The van der Waals surface area contributed by atoms with E-state index in [1.807, 2.05) is 14.0 Å². The van der Waals surface area contributed by atoms with Gasteiger partial charge in [0.15, 0.2) is 0 Å². The first-order chi connectivity index (χ1) is 8.13. The number of carbonyl (C=O) groups excluding carboxylic acids is 1. The number of amides is 1. The molecule has 3 N–H and O–H groups in total. The van der Waals surface area contributed by atoms with E-state index in [2.05, 4.69) is 10.6 Å². The highest BCUT2D eigenvalue weighted by molar-refractivity contribution is 5.85. The number of carbonyl (C=O) groups is 1. The van der Waals surface area contributed by atoms with Crippen LogP contribution in [-0.2, 0) is 4.79 Å². The van der Waals surface area contributed by atoms with Crippen molar-refractivity contribution in [3.8, 4) is 0 Å². The van der Waals surface area contributed by atoms with Gasteiger partial charge >= 0.3 is 0 Å². The Bertz CT molecular complexity index is 243. The predicted molar refractivity (Wildman–Crippen MR) is 76.0 cm³/mol. The monoisotopic (exact) mass is 278 g/mol. The van der Waals surface area contributed by atoms with Gasteiger partial charge in [-0.25, -0.2) is 0 Å². The Kier molecular flexibility index (Phi) is 8.57. The largest absolute Gasteiger partial charge is 0.396 e. The fourth-order valence-corrected chi connectivity index (χ4v) is 2.73. The van der Waals surface area contributed by atoms with Crippen LogP contribution < -0.4 is 10.6 Å². The van der Waals surface area contributed by atoms with Crippen LogP contribution in [0.3, 0.4) is 0 Å². The Morgan fingerprint density at radius 3 is 2.50 bits per heavy atom. The van der Waals surface area contributed by atoms with E-state index in [1.54, 1.807) is 0 Å². The van der Waals surface area contributed by atoms with E-state index in [0.29, 0.717) is 6.54 Å². The lowest BCUT2D eigenvalue weighted by Crippen LogP contribution is -2.41. The van der Waals surface area contributed by atoms with E-state index in [1.165, 1.54) is 12.8 Å². The van der Waals surface area contributed by atoms with E-state index in [4.69, 9.17) is 5.11 Å². The third kappa shape index (κ3) is 5.12. The number of halogens is 1. The molecule has 1 saturated carbocycles. The van der Waals surface area contributed by atoms with Crippen molar-refractivity contribution in [2.75, 3.05) is 26.7 Å². The van der Waals surface area contributed by atoms with E-state index < -0.39 is 0 Å². The summed E-state index contributed by atoms with van der Waals surface area (Å²) in [6.07, 6.45) is 5.53. The van der Waals surface area contributed by atoms with Crippen LogP contribution in [-0.4, -0.2) is 37.8 Å². The minimum Gasteiger partial charge on any atom is -0.396 e. The minimum absolute atomic E-state index is 0. The van der Waals surface area contributed by atoms with Crippen molar-refractivity contribution in [3.05, 3.63) is 0 Å². The van der Waals surface area contributed by atoms with Crippen molar-refractivity contribution >= 4 is 18.3 Å². The number of aliphatic hydroxyl groups excluding tert-OH is 1. The average Bonchev–Trinajstić information content (AvgIpc) is 2.76. The third-order valence-electron chi connectivity index (χ3n) is 3.90. The van der Waals surface area contributed by atoms with Gasteiger partial charge in [-0.2, -0.15) is 0 Å². The van der Waals surface area contributed by atoms with E-state index in [9.17, 15) is 4.79 Å². The first-order valence-electron chi connectivity index (χ1n) is 6.67. The van der Waals surface area contributed by atoms with Crippen molar-refractivity contribution in [2.24, 2.45) is 11.3 Å². The number of hydrogen-bond donors (Lipinski definition) is 3. The molecule has 18 heavy (non-hydrogen) atoms. The molecule has 0 aromatic carbocycles. The molecule has 108 valence electrons. The molecule has 0 spiro atoms. The zero-order valence-electron chi connectivity index (χ0n) is 11.5. The summed E-state index contributed by atoms with van der Waals surface area (Å²) in [6, 6.07) is 0. The van der Waals surface area contributed by atoms with E-state index >= 15 is 0 Å². The Morgan fingerprint density at radius 1 is 1.39 bits per heavy atom. The van der Waals surface area contributed by atoms with E-state index in [0.717, 1.165) is 25.8 Å². The van der Waals surface area contributed by atoms with Gasteiger partial charge in [-0.15, -0.1) is 12.4 Å². The molecule has 1 amide bonds. The molecule has 1 aliphatic rings. The van der Waals surface area contributed by atoms with Crippen LogP contribution in [0.15, 0.2) is 0 Å². The smallest absolute Gasteiger partial charge is 0.224 e. The number of aliphatic hydroxyl groups is 1. The maximum Gasteiger partial charge on any atom is 0.224 e. The summed E-state index contributed by atoms with van der Waals surface area (Å²) < 4.78 is 0. The molecule has 0 heterocycles. The lowest BCUT2D eigenvalue weighted by molar-refractivity contribution is -0.124. The van der Waals surface area contributed by atoms with Gasteiger partial charge in [-0.3, -0.25) is 4.79 Å². The third-order valence-corrected chi connectivity index (χ3v) is 3.90. The van der Waals surface area contributed by atoms with Gasteiger partial charge in [0.05, 0.1) is 0 Å². The molecule has 0 bridgehead atoms. The molecule has 1 rings (SSSR count). The van der Waals surface area contributed by atoms with Crippen LogP contribution in [0.5, 0.6) is 0 Å². The average molecular weight is 279 g/mol. The SMILES string of the molecule is CNCC(C)C(=O)NCC1(CCO)CCCC1.Cl. The molecule has 1 fully saturated rings. The maximum absolute atomic E-state index is 11.8. The van der Waals surface area contributed by atoms with E-state index in [-0.39, 0.29) is 36.3 Å². The zero-order valence-corrected chi connectivity index (χ0v) is 12.3. The molecule has 0 saturated heterocycles. The van der Waals surface area contributed by atoms with Crippen LogP contribution in [0.25, 0.3) is 0 Å². The van der Waals surface area contributed by atoms with Gasteiger partial charge in [0.25, 0.3) is 0 Å². The summed E-state index contributed by atoms with van der Waals surface area (Å²) >= 11 is 0. The summed E-state index contributed by atoms with van der Waals surface area (Å²) in [5.41, 5.74) is 0.157. The maximum atomic E-state index is 11.8. The van der Waals surface area contributed by atoms with Crippen LogP contribution in [0.4, 0.5) is 0 Å². The van der Waals surface area contributed by atoms with Crippen molar-refractivity contribution in [1.82, 2.24) is 10.6 Å². The molecule has 1 unspecified atom stereocenters. The molecule has 1 atom stereocenters. The highest BCUT2D eigenvalue weighted by atomic mass is 35.5. The standard InChI is InChI=1S/C13H26N2O2.ClH/c1-11(9-14-2)12(17)15-10-13(7-8-16)5-3-4-6-13;/h11,14,16H,3-10H2,1-2H3,(H,15,17);1H. The molecule has 5 heteroatoms. The van der Waals surface area contributed by atoms with Crippen LogP contribution in [0.1, 0.15) is 39.0 Å². The Hall–Kier alpha value is -0.320. The lowest BCUT2D eigenvalue weighted by Gasteiger charge is -2.29. The second-order valence-electron chi connectivity index (χ2n) is 5.36. The van der Waals surface area contributed by atoms with Gasteiger partial charge in [0.2, 0.25) is 5.91 Å². The molecule has 0 aliphatic heterocycles. The predicted octanol–water partition coefficient (Wildman–Crippen LogP) is 1.32. The molecule has 1 aliphatic carbocycles. The number of hydrogen-bond acceptors (Lipinski definition) is 3. The second-order valence-corrected chi connectivity index (χ2v) is 5.36. The topological polar surface area (TPSA) is 61.4 Å². The van der Waals surface area contributed by atoms with Gasteiger partial charge in [-0.1, -0.05) is 19.8 Å². The van der Waals surface area contributed by atoms with Gasteiger partial charge in [0.1, 0.15) is 0 Å². The highest BCUT2D eigenvalue weighted by Gasteiger charge is 2.33. The fourth-order valence-electron chi connectivity index (χ4n) is 2.73. The first kappa shape index (κ1) is 17.7. The highest BCUT2D eigenvalue weighted by Crippen LogP contribution is 2.40. The molecule has 0 aromatic rings. The van der Waals surface area contributed by atoms with Gasteiger partial charge in [0, 0.05) is 25.6 Å². The van der Waals surface area contributed by atoms with Crippen molar-refractivity contribution in [1.29, 1.82) is 0 Å². The van der Waals surface area contributed by atoms with Crippen LogP contribution in [0.2, 0.25) is 0 Å². The normalized spacial score (nSPS) is 19.1. The summed E-state index contributed by atoms with van der Waals surface area (Å²) in [4.78, 5) is 11.8. The Balaban J connectivity index is 0.00000289. The van der Waals surface area contributed by atoms with Crippen LogP contribution >= 0.6 is 12.4 Å². The zero-order chi connectivity index (χ0) is 12.7. The summed E-state index contributed by atoms with van der Waals surface area (Å²) in [7, 11) is 1.86. The summed E-state index contributed by atoms with van der Waals surface area (Å²) in [5.74, 6) is 0.121. The summed E-state index contributed by atoms with van der Waals surface area (Å²) in [6.45, 7) is 3.58. The first-order valence-corrected chi connectivity index (χ1v) is 6.67. The lowest BCUT2D eigenvalue weighted by atomic mass is 9.83. The number of nitrogens with one attached hydrogen (secondary N) is 2. The molecule has 0 aromatic heterocycles. The van der Waals surface area contributed by atoms with Crippen molar-refractivity contribution in [2.45, 2.75) is 39.0 Å². The fraction of sp³-hybridized carbons (Fsp3) is 0.923. The second kappa shape index (κ2) is 8.73. The molecular formula is C13H27ClN2O2. The minimum atomic E-state index is 0. The molecule has 0 radical (unpaired) electrons. The van der Waals surface area contributed by atoms with Gasteiger partial charge < -0.3 is 15.7 Å². The number of rotatable bonds is 7. The van der Waals surface area contributed by atoms with Crippen molar-refractivity contribution < 1.29 is 9.90 Å². The van der Waals surface area contributed by atoms with Gasteiger partial charge in [-0.05, 0) is 31.7 Å². The van der Waals surface area contributed by atoms with Crippen LogP contribution in [0, 0.1) is 11.3 Å². The van der Waals surface area contributed by atoms with Crippen molar-refractivity contribution in [3.63, 3.8) is 0 Å². The molecular weight excluding hydrogens is 252 g/mol.